The van der Waals surface area contributed by atoms with Crippen molar-refractivity contribution in [1.82, 2.24) is 9.80 Å². The highest BCUT2D eigenvalue weighted by molar-refractivity contribution is 5.92. The second kappa shape index (κ2) is 12.2. The minimum absolute atomic E-state index is 0.00623. The van der Waals surface area contributed by atoms with Crippen molar-refractivity contribution in [2.75, 3.05) is 51.2 Å². The number of β-amino-alcohol motifs (C(OH)–C–C–N with tert-alkyl or cyclic N) is 1. The number of para-hydroxylation sites is 2. The molecule has 1 saturated heterocycles. The Labute approximate surface area is 200 Å². The van der Waals surface area contributed by atoms with Gasteiger partial charge in [-0.1, -0.05) is 36.4 Å². The molecule has 0 bridgehead atoms. The van der Waals surface area contributed by atoms with Gasteiger partial charge in [0.2, 0.25) is 5.91 Å². The van der Waals surface area contributed by atoms with Gasteiger partial charge in [0, 0.05) is 38.4 Å². The Morgan fingerprint density at radius 3 is 2.03 bits per heavy atom. The second-order valence-corrected chi connectivity index (χ2v) is 8.34. The van der Waals surface area contributed by atoms with E-state index in [0.29, 0.717) is 18.8 Å². The molecule has 1 aliphatic rings. The van der Waals surface area contributed by atoms with E-state index in [1.54, 1.807) is 0 Å². The molecular formula is C27H31N3O4. The van der Waals surface area contributed by atoms with Gasteiger partial charge in [0.15, 0.2) is 0 Å². The Balaban J connectivity index is 1.13. The summed E-state index contributed by atoms with van der Waals surface area (Å²) in [6.45, 7) is 4.33. The van der Waals surface area contributed by atoms with Crippen LogP contribution in [0.1, 0.15) is 0 Å². The van der Waals surface area contributed by atoms with E-state index in [2.05, 4.69) is 15.1 Å². The van der Waals surface area contributed by atoms with E-state index in [-0.39, 0.29) is 12.5 Å². The fraction of sp³-hybridized carbons (Fsp3) is 0.296. The maximum atomic E-state index is 12.2. The molecular weight excluding hydrogens is 430 g/mol. The number of carbonyl (C=O) groups is 1. The predicted octanol–water partition coefficient (Wildman–Crippen LogP) is 3.47. The summed E-state index contributed by atoms with van der Waals surface area (Å²) in [5.74, 6) is 2.19. The minimum atomic E-state index is -0.590. The summed E-state index contributed by atoms with van der Waals surface area (Å²) in [6, 6.07) is 26.5. The van der Waals surface area contributed by atoms with Crippen molar-refractivity contribution in [3.8, 4) is 17.2 Å². The third-order valence-corrected chi connectivity index (χ3v) is 5.60. The third-order valence-electron chi connectivity index (χ3n) is 5.60. The predicted molar refractivity (Wildman–Crippen MR) is 132 cm³/mol. The molecule has 0 unspecified atom stereocenters. The van der Waals surface area contributed by atoms with Crippen molar-refractivity contribution in [3.05, 3.63) is 84.9 Å². The van der Waals surface area contributed by atoms with Crippen LogP contribution in [0.15, 0.2) is 84.9 Å². The van der Waals surface area contributed by atoms with Crippen molar-refractivity contribution < 1.29 is 19.4 Å². The molecule has 3 aromatic carbocycles. The van der Waals surface area contributed by atoms with Gasteiger partial charge in [0.05, 0.1) is 6.54 Å². The zero-order valence-corrected chi connectivity index (χ0v) is 19.2. The lowest BCUT2D eigenvalue weighted by molar-refractivity contribution is -0.117. The molecule has 2 N–H and O–H groups in total. The van der Waals surface area contributed by atoms with Gasteiger partial charge in [-0.3, -0.25) is 14.6 Å². The molecule has 7 heteroatoms. The van der Waals surface area contributed by atoms with E-state index in [4.69, 9.17) is 9.47 Å². The van der Waals surface area contributed by atoms with Crippen LogP contribution >= 0.6 is 0 Å². The second-order valence-electron chi connectivity index (χ2n) is 8.34. The Morgan fingerprint density at radius 2 is 1.35 bits per heavy atom. The van der Waals surface area contributed by atoms with Crippen LogP contribution in [0, 0.1) is 0 Å². The van der Waals surface area contributed by atoms with Crippen LogP contribution in [-0.4, -0.2) is 72.8 Å². The van der Waals surface area contributed by atoms with Crippen LogP contribution in [0.3, 0.4) is 0 Å². The molecule has 0 aromatic heterocycles. The summed E-state index contributed by atoms with van der Waals surface area (Å²) >= 11 is 0. The number of piperazine rings is 1. The number of hydrogen-bond donors (Lipinski definition) is 2. The van der Waals surface area contributed by atoms with Crippen molar-refractivity contribution in [1.29, 1.82) is 0 Å². The van der Waals surface area contributed by atoms with Crippen LogP contribution in [0.2, 0.25) is 0 Å². The smallest absolute Gasteiger partial charge is 0.238 e. The van der Waals surface area contributed by atoms with E-state index >= 15 is 0 Å². The summed E-state index contributed by atoms with van der Waals surface area (Å²) in [5, 5.41) is 13.3. The molecule has 1 heterocycles. The molecule has 1 amide bonds. The zero-order chi connectivity index (χ0) is 23.6. The van der Waals surface area contributed by atoms with Crippen LogP contribution in [-0.2, 0) is 4.79 Å². The largest absolute Gasteiger partial charge is 0.491 e. The maximum Gasteiger partial charge on any atom is 0.238 e. The molecule has 4 rings (SSSR count). The van der Waals surface area contributed by atoms with Crippen molar-refractivity contribution >= 4 is 11.6 Å². The van der Waals surface area contributed by atoms with Gasteiger partial charge in [0.25, 0.3) is 0 Å². The number of ether oxygens (including phenoxy) is 2. The van der Waals surface area contributed by atoms with Crippen molar-refractivity contribution in [3.63, 3.8) is 0 Å². The number of benzene rings is 3. The van der Waals surface area contributed by atoms with Crippen LogP contribution in [0.4, 0.5) is 5.69 Å². The first kappa shape index (κ1) is 23.8. The molecule has 7 nitrogen and oxygen atoms in total. The van der Waals surface area contributed by atoms with E-state index in [1.165, 1.54) is 0 Å². The Kier molecular flexibility index (Phi) is 8.51. The monoisotopic (exact) mass is 461 g/mol. The number of hydrogen-bond acceptors (Lipinski definition) is 6. The van der Waals surface area contributed by atoms with Crippen LogP contribution in [0.25, 0.3) is 0 Å². The van der Waals surface area contributed by atoms with E-state index < -0.39 is 6.10 Å². The van der Waals surface area contributed by atoms with E-state index in [0.717, 1.165) is 43.4 Å². The average molecular weight is 462 g/mol. The lowest BCUT2D eigenvalue weighted by Crippen LogP contribution is -2.50. The van der Waals surface area contributed by atoms with Crippen molar-refractivity contribution in [2.24, 2.45) is 0 Å². The van der Waals surface area contributed by atoms with Crippen molar-refractivity contribution in [2.45, 2.75) is 6.10 Å². The maximum absolute atomic E-state index is 12.2. The first-order valence-corrected chi connectivity index (χ1v) is 11.6. The number of carbonyl (C=O) groups excluding carboxylic acids is 1. The van der Waals surface area contributed by atoms with Gasteiger partial charge in [-0.05, 0) is 48.5 Å². The number of amides is 1. The average Bonchev–Trinajstić information content (AvgIpc) is 2.86. The van der Waals surface area contributed by atoms with E-state index in [9.17, 15) is 9.90 Å². The number of anilines is 1. The highest BCUT2D eigenvalue weighted by Crippen LogP contribution is 2.23. The summed E-state index contributed by atoms with van der Waals surface area (Å²) in [5.41, 5.74) is 0.813. The number of aliphatic hydroxyl groups excluding tert-OH is 1. The molecule has 34 heavy (non-hydrogen) atoms. The fourth-order valence-corrected chi connectivity index (χ4v) is 3.83. The Bertz CT molecular complexity index is 1010. The molecule has 1 atom stereocenters. The normalized spacial score (nSPS) is 15.4. The van der Waals surface area contributed by atoms with Crippen LogP contribution in [0.5, 0.6) is 17.2 Å². The Hall–Kier alpha value is -3.39. The van der Waals surface area contributed by atoms with Crippen LogP contribution < -0.4 is 14.8 Å². The highest BCUT2D eigenvalue weighted by Gasteiger charge is 2.21. The number of rotatable bonds is 10. The molecule has 0 aliphatic carbocycles. The van der Waals surface area contributed by atoms with Gasteiger partial charge in [-0.15, -0.1) is 0 Å². The first-order valence-electron chi connectivity index (χ1n) is 11.6. The zero-order valence-electron chi connectivity index (χ0n) is 19.2. The van der Waals surface area contributed by atoms with Gasteiger partial charge in [0.1, 0.15) is 30.0 Å². The van der Waals surface area contributed by atoms with Gasteiger partial charge >= 0.3 is 0 Å². The van der Waals surface area contributed by atoms with E-state index in [1.807, 2.05) is 84.9 Å². The first-order chi connectivity index (χ1) is 16.6. The highest BCUT2D eigenvalue weighted by atomic mass is 16.5. The molecule has 0 saturated carbocycles. The minimum Gasteiger partial charge on any atom is -0.491 e. The number of aliphatic hydroxyl groups is 1. The third kappa shape index (κ3) is 7.59. The summed E-state index contributed by atoms with van der Waals surface area (Å²) in [7, 11) is 0. The number of nitrogens with zero attached hydrogens (tertiary/aromatic N) is 2. The molecule has 1 fully saturated rings. The fourth-order valence-electron chi connectivity index (χ4n) is 3.83. The lowest BCUT2D eigenvalue weighted by atomic mass is 10.2. The van der Waals surface area contributed by atoms with Gasteiger partial charge in [-0.2, -0.15) is 0 Å². The Morgan fingerprint density at radius 1 is 0.794 bits per heavy atom. The number of nitrogens with one attached hydrogen (secondary N) is 1. The molecule has 0 spiro atoms. The molecule has 3 aromatic rings. The molecule has 178 valence electrons. The lowest BCUT2D eigenvalue weighted by Gasteiger charge is -2.35. The standard InChI is InChI=1S/C27H31N3O4/c31-23(21-33-24-11-13-26(14-12-24)34-25-9-5-2-6-10-25)19-29-15-17-30(18-16-29)20-27(32)28-22-7-3-1-4-8-22/h1-14,23,31H,15-21H2,(H,28,32)/t23-/m0/s1. The SMILES string of the molecule is O=C(CN1CCN(C[C@H](O)COc2ccc(Oc3ccccc3)cc2)CC1)Nc1ccccc1. The summed E-state index contributed by atoms with van der Waals surface area (Å²) in [4.78, 5) is 16.6. The molecule has 1 aliphatic heterocycles. The van der Waals surface area contributed by atoms with Gasteiger partial charge in [-0.25, -0.2) is 0 Å². The summed E-state index contributed by atoms with van der Waals surface area (Å²) < 4.78 is 11.5. The quantitative estimate of drug-likeness (QED) is 0.482. The van der Waals surface area contributed by atoms with Gasteiger partial charge < -0.3 is 19.9 Å². The topological polar surface area (TPSA) is 74.3 Å². The summed E-state index contributed by atoms with van der Waals surface area (Å²) in [6.07, 6.45) is -0.590. The molecule has 0 radical (unpaired) electrons.